The summed E-state index contributed by atoms with van der Waals surface area (Å²) in [6.45, 7) is -2.89. The first-order valence-corrected chi connectivity index (χ1v) is 11.5. The van der Waals surface area contributed by atoms with Gasteiger partial charge in [0.05, 0.1) is 11.8 Å². The molecule has 0 aliphatic heterocycles. The van der Waals surface area contributed by atoms with Gasteiger partial charge >= 0.3 is 12.9 Å². The van der Waals surface area contributed by atoms with Crippen LogP contribution in [-0.2, 0) is 18.7 Å². The Morgan fingerprint density at radius 3 is 2.56 bits per heavy atom. The highest BCUT2D eigenvalue weighted by atomic mass is 35.7. The van der Waals surface area contributed by atoms with Crippen LogP contribution in [0, 0.1) is 0 Å². The molecule has 0 spiro atoms. The summed E-state index contributed by atoms with van der Waals surface area (Å²) < 4.78 is 15.8. The van der Waals surface area contributed by atoms with Gasteiger partial charge in [0.1, 0.15) is 0 Å². The number of carbonyl (C=O) groups excluding carboxylic acids is 1. The van der Waals surface area contributed by atoms with E-state index >= 15 is 0 Å². The maximum Gasteiger partial charge on any atom is 0.476 e. The first-order valence-electron chi connectivity index (χ1n) is 9.05. The smallest absolute Gasteiger partial charge is 0.379 e. The van der Waals surface area contributed by atoms with E-state index in [0.29, 0.717) is 5.69 Å². The van der Waals surface area contributed by atoms with Crippen LogP contribution in [0.1, 0.15) is 39.0 Å². The lowest BCUT2D eigenvalue weighted by Crippen LogP contribution is -2.42. The molecule has 27 heavy (non-hydrogen) atoms. The predicted molar refractivity (Wildman–Crippen MR) is 106 cm³/mol. The summed E-state index contributed by atoms with van der Waals surface area (Å²) in [4.78, 5) is 27.8. The van der Waals surface area contributed by atoms with Gasteiger partial charge in [-0.25, -0.2) is 14.4 Å². The molecule has 0 radical (unpaired) electrons. The fourth-order valence-electron chi connectivity index (χ4n) is 3.37. The second-order valence-corrected chi connectivity index (χ2v) is 9.09. The van der Waals surface area contributed by atoms with Crippen molar-refractivity contribution in [3.8, 4) is 0 Å². The molecule has 1 N–H and O–H groups in total. The maximum atomic E-state index is 12.4. The van der Waals surface area contributed by atoms with Crippen LogP contribution >= 0.6 is 18.2 Å². The van der Waals surface area contributed by atoms with Crippen molar-refractivity contribution in [2.24, 2.45) is 0 Å². The summed E-state index contributed by atoms with van der Waals surface area (Å²) >= 11 is 5.22. The molecule has 0 aromatic heterocycles. The van der Waals surface area contributed by atoms with Crippen molar-refractivity contribution in [2.75, 3.05) is 5.06 Å². The van der Waals surface area contributed by atoms with Gasteiger partial charge in [0.25, 0.3) is 0 Å². The molecular formula is C19H23ClNO5P. The van der Waals surface area contributed by atoms with E-state index < -0.39 is 19.0 Å². The second kappa shape index (κ2) is 8.61. The third-order valence-corrected chi connectivity index (χ3v) is 5.33. The van der Waals surface area contributed by atoms with Crippen molar-refractivity contribution in [3.63, 3.8) is 0 Å². The lowest BCUT2D eigenvalue weighted by atomic mass is 9.98. The van der Waals surface area contributed by atoms with E-state index in [1.165, 1.54) is 11.5 Å². The third kappa shape index (κ3) is 5.23. The molecule has 0 heterocycles. The molecular weight excluding hydrogens is 389 g/mol. The average molecular weight is 412 g/mol. The normalized spacial score (nSPS) is 18.6. The first-order chi connectivity index (χ1) is 12.8. The standard InChI is InChI=1S/C19H23ClNO5P/c1-14(19(22)26-27(20,23)24)21(25-16-10-3-2-4-11-16)18-13-7-9-15-8-5-6-12-17(15)18/h5-9,12-14,16H,2-4,10-11H2,1H3,(H,23,24)/t14-/m0/s1. The van der Waals surface area contributed by atoms with Gasteiger partial charge in [0.15, 0.2) is 6.04 Å². The van der Waals surface area contributed by atoms with E-state index in [0.717, 1.165) is 36.5 Å². The maximum absolute atomic E-state index is 12.4. The van der Waals surface area contributed by atoms with Gasteiger partial charge in [-0.1, -0.05) is 55.7 Å². The second-order valence-electron chi connectivity index (χ2n) is 6.73. The van der Waals surface area contributed by atoms with Crippen LogP contribution < -0.4 is 5.06 Å². The quantitative estimate of drug-likeness (QED) is 0.521. The number of hydrogen-bond acceptors (Lipinski definition) is 5. The van der Waals surface area contributed by atoms with Gasteiger partial charge < -0.3 is 9.42 Å². The third-order valence-electron chi connectivity index (χ3n) is 4.71. The van der Waals surface area contributed by atoms with Crippen molar-refractivity contribution >= 4 is 40.6 Å². The highest BCUT2D eigenvalue weighted by Crippen LogP contribution is 2.48. The Labute approximate surface area is 163 Å². The number of halogens is 1. The van der Waals surface area contributed by atoms with Crippen LogP contribution in [-0.4, -0.2) is 23.0 Å². The van der Waals surface area contributed by atoms with Crippen LogP contribution in [0.25, 0.3) is 10.8 Å². The van der Waals surface area contributed by atoms with E-state index in [-0.39, 0.29) is 6.10 Å². The Bertz CT molecular complexity index is 844. The van der Waals surface area contributed by atoms with E-state index in [9.17, 15) is 14.3 Å². The molecule has 3 rings (SSSR count). The van der Waals surface area contributed by atoms with E-state index in [1.807, 2.05) is 42.5 Å². The van der Waals surface area contributed by atoms with Crippen LogP contribution in [0.15, 0.2) is 42.5 Å². The van der Waals surface area contributed by atoms with Gasteiger partial charge in [0.2, 0.25) is 0 Å². The minimum atomic E-state index is -4.46. The molecule has 2 atom stereocenters. The molecule has 1 aliphatic rings. The molecule has 1 unspecified atom stereocenters. The van der Waals surface area contributed by atoms with Gasteiger partial charge in [0, 0.05) is 16.6 Å². The zero-order valence-electron chi connectivity index (χ0n) is 15.1. The fraction of sp³-hybridized carbons (Fsp3) is 0.421. The molecule has 1 aliphatic carbocycles. The summed E-state index contributed by atoms with van der Waals surface area (Å²) in [7, 11) is 0. The van der Waals surface area contributed by atoms with Crippen LogP contribution in [0.3, 0.4) is 0 Å². The van der Waals surface area contributed by atoms with Crippen LogP contribution in [0.4, 0.5) is 5.69 Å². The van der Waals surface area contributed by atoms with Crippen molar-refractivity contribution in [1.82, 2.24) is 0 Å². The van der Waals surface area contributed by atoms with Crippen LogP contribution in [0.2, 0.25) is 0 Å². The van der Waals surface area contributed by atoms with E-state index in [4.69, 9.17) is 16.1 Å². The molecule has 6 nitrogen and oxygen atoms in total. The number of rotatable bonds is 6. The van der Waals surface area contributed by atoms with Crippen molar-refractivity contribution < 1.29 is 23.6 Å². The number of anilines is 1. The Morgan fingerprint density at radius 2 is 1.85 bits per heavy atom. The Hall–Kier alpha value is -1.59. The average Bonchev–Trinajstić information content (AvgIpc) is 2.65. The van der Waals surface area contributed by atoms with Gasteiger partial charge in [-0.2, -0.15) is 0 Å². The minimum absolute atomic E-state index is 0.0232. The number of hydrogen-bond donors (Lipinski definition) is 1. The zero-order valence-corrected chi connectivity index (χ0v) is 16.7. The number of fused-ring (bicyclic) bond motifs is 1. The number of hydroxylamine groups is 1. The summed E-state index contributed by atoms with van der Waals surface area (Å²) in [6.07, 6.45) is 5.09. The van der Waals surface area contributed by atoms with Gasteiger partial charge in [-0.15, -0.1) is 0 Å². The fourth-order valence-corrected chi connectivity index (χ4v) is 3.95. The molecule has 1 saturated carbocycles. The Morgan fingerprint density at radius 1 is 1.19 bits per heavy atom. The molecule has 2 aromatic rings. The summed E-state index contributed by atoms with van der Waals surface area (Å²) in [6, 6.07) is 12.5. The minimum Gasteiger partial charge on any atom is -0.379 e. The van der Waals surface area contributed by atoms with Gasteiger partial charge in [-0.3, -0.25) is 4.84 Å². The zero-order chi connectivity index (χ0) is 19.4. The molecule has 0 saturated heterocycles. The number of carbonyl (C=O) groups is 1. The predicted octanol–water partition coefficient (Wildman–Crippen LogP) is 5.18. The monoisotopic (exact) mass is 411 g/mol. The van der Waals surface area contributed by atoms with Gasteiger partial charge in [-0.05, 0) is 31.2 Å². The molecule has 1 fully saturated rings. The summed E-state index contributed by atoms with van der Waals surface area (Å²) in [5.74, 6) is -0.917. The SMILES string of the molecule is C[C@@H](C(=O)OP(=O)(O)Cl)N(OC1CCCCC1)c1cccc2ccccc12. The first kappa shape index (κ1) is 20.2. The lowest BCUT2D eigenvalue weighted by molar-refractivity contribution is -0.138. The highest BCUT2D eigenvalue weighted by molar-refractivity contribution is 7.80. The Kier molecular flexibility index (Phi) is 6.43. The van der Waals surface area contributed by atoms with Crippen molar-refractivity contribution in [2.45, 2.75) is 51.2 Å². The lowest BCUT2D eigenvalue weighted by Gasteiger charge is -2.34. The largest absolute Gasteiger partial charge is 0.476 e. The topological polar surface area (TPSA) is 76.1 Å². The Balaban J connectivity index is 1.95. The number of nitrogens with zero attached hydrogens (tertiary/aromatic N) is 1. The van der Waals surface area contributed by atoms with Crippen molar-refractivity contribution in [3.05, 3.63) is 42.5 Å². The van der Waals surface area contributed by atoms with Crippen LogP contribution in [0.5, 0.6) is 0 Å². The summed E-state index contributed by atoms with van der Waals surface area (Å²) in [5.41, 5.74) is 0.700. The van der Waals surface area contributed by atoms with E-state index in [2.05, 4.69) is 4.52 Å². The molecule has 146 valence electrons. The molecule has 8 heteroatoms. The molecule has 2 aromatic carbocycles. The van der Waals surface area contributed by atoms with Crippen molar-refractivity contribution in [1.29, 1.82) is 0 Å². The summed E-state index contributed by atoms with van der Waals surface area (Å²) in [5, 5.41) is 3.40. The molecule has 0 bridgehead atoms. The molecule has 0 amide bonds. The highest BCUT2D eigenvalue weighted by Gasteiger charge is 2.32. The van der Waals surface area contributed by atoms with E-state index in [1.54, 1.807) is 6.92 Å². The number of benzene rings is 2.